The molecule has 8 heteroatoms. The van der Waals surface area contributed by atoms with Gasteiger partial charge in [0.1, 0.15) is 5.75 Å². The second kappa shape index (κ2) is 11.4. The summed E-state index contributed by atoms with van der Waals surface area (Å²) in [6.07, 6.45) is 1.58. The molecule has 1 amide bonds. The lowest BCUT2D eigenvalue weighted by molar-refractivity contribution is -0.118. The summed E-state index contributed by atoms with van der Waals surface area (Å²) in [7, 11) is 1.61. The van der Waals surface area contributed by atoms with Crippen LogP contribution in [0.25, 0.3) is 17.1 Å². The maximum atomic E-state index is 12.5. The molecule has 3 aromatic carbocycles. The number of rotatable bonds is 8. The third-order valence-electron chi connectivity index (χ3n) is 5.76. The quantitative estimate of drug-likeness (QED) is 0.183. The van der Waals surface area contributed by atoms with Crippen LogP contribution in [0.3, 0.4) is 0 Å². The van der Waals surface area contributed by atoms with E-state index in [9.17, 15) is 4.79 Å². The number of carbonyl (C=O) groups excluding carboxylic acids is 1. The molecule has 0 atom stereocenters. The van der Waals surface area contributed by atoms with Crippen LogP contribution in [0.4, 0.5) is 0 Å². The van der Waals surface area contributed by atoms with Gasteiger partial charge < -0.3 is 4.74 Å². The molecule has 4 rings (SSSR count). The van der Waals surface area contributed by atoms with Crippen molar-refractivity contribution in [2.45, 2.75) is 38.3 Å². The van der Waals surface area contributed by atoms with Gasteiger partial charge in [-0.1, -0.05) is 86.6 Å². The number of amides is 1. The molecule has 1 aromatic heterocycles. The van der Waals surface area contributed by atoms with Crippen molar-refractivity contribution in [2.75, 3.05) is 12.9 Å². The largest absolute Gasteiger partial charge is 0.497 e. The fourth-order valence-electron chi connectivity index (χ4n) is 3.66. The molecule has 0 fully saturated rings. The number of thioether (sulfide) groups is 1. The predicted molar refractivity (Wildman–Crippen MR) is 150 cm³/mol. The molecular formula is C29H31N5O2S. The van der Waals surface area contributed by atoms with E-state index in [0.717, 1.165) is 34.0 Å². The highest BCUT2D eigenvalue weighted by molar-refractivity contribution is 7.99. The van der Waals surface area contributed by atoms with Crippen LogP contribution >= 0.6 is 11.8 Å². The minimum atomic E-state index is -0.237. The molecular weight excluding hydrogens is 482 g/mol. The lowest BCUT2D eigenvalue weighted by Gasteiger charge is -2.19. The third kappa shape index (κ3) is 6.65. The van der Waals surface area contributed by atoms with Crippen LogP contribution < -0.4 is 10.2 Å². The Morgan fingerprint density at radius 1 is 1.05 bits per heavy atom. The van der Waals surface area contributed by atoms with Crippen LogP contribution in [0.15, 0.2) is 83.1 Å². The van der Waals surface area contributed by atoms with Crippen LogP contribution in [-0.2, 0) is 10.2 Å². The first-order valence-electron chi connectivity index (χ1n) is 12.0. The van der Waals surface area contributed by atoms with Crippen molar-refractivity contribution < 1.29 is 9.53 Å². The molecule has 0 unspecified atom stereocenters. The normalized spacial score (nSPS) is 11.6. The number of aryl methyl sites for hydroxylation is 1. The first-order valence-corrected chi connectivity index (χ1v) is 13.0. The van der Waals surface area contributed by atoms with Crippen LogP contribution in [0.2, 0.25) is 0 Å². The predicted octanol–water partition coefficient (Wildman–Crippen LogP) is 5.79. The minimum absolute atomic E-state index is 0.0621. The number of methoxy groups -OCH3 is 1. The van der Waals surface area contributed by atoms with Gasteiger partial charge in [-0.15, -0.1) is 10.2 Å². The fraction of sp³-hybridized carbons (Fsp3) is 0.241. The summed E-state index contributed by atoms with van der Waals surface area (Å²) in [5, 5.41) is 13.6. The highest BCUT2D eigenvalue weighted by atomic mass is 32.2. The van der Waals surface area contributed by atoms with Gasteiger partial charge in [0.15, 0.2) is 11.0 Å². The summed E-state index contributed by atoms with van der Waals surface area (Å²) in [4.78, 5) is 12.5. The van der Waals surface area contributed by atoms with E-state index in [1.165, 1.54) is 17.3 Å². The number of benzene rings is 3. The molecule has 7 nitrogen and oxygen atoms in total. The topological polar surface area (TPSA) is 81.4 Å². The van der Waals surface area contributed by atoms with Crippen molar-refractivity contribution in [2.24, 2.45) is 5.10 Å². The van der Waals surface area contributed by atoms with Gasteiger partial charge in [0, 0.05) is 11.3 Å². The Labute approximate surface area is 222 Å². The summed E-state index contributed by atoms with van der Waals surface area (Å²) >= 11 is 1.31. The van der Waals surface area contributed by atoms with E-state index < -0.39 is 0 Å². The summed E-state index contributed by atoms with van der Waals surface area (Å²) in [6, 6.07) is 24.0. The second-order valence-electron chi connectivity index (χ2n) is 9.66. The SMILES string of the molecule is COc1cccc(/C=N\NC(=O)CSc2nnc(-c3ccc(C(C)(C)C)cc3)n2-c2ccc(C)cc2)c1. The number of hydrogen-bond acceptors (Lipinski definition) is 6. The van der Waals surface area contributed by atoms with Gasteiger partial charge in [-0.2, -0.15) is 5.10 Å². The number of nitrogens with zero attached hydrogens (tertiary/aromatic N) is 4. The van der Waals surface area contributed by atoms with E-state index in [1.807, 2.05) is 47.9 Å². The lowest BCUT2D eigenvalue weighted by atomic mass is 9.87. The molecule has 4 aromatic rings. The molecule has 1 heterocycles. The van der Waals surface area contributed by atoms with Gasteiger partial charge in [0.05, 0.1) is 19.1 Å². The van der Waals surface area contributed by atoms with Crippen LogP contribution in [0, 0.1) is 6.92 Å². The van der Waals surface area contributed by atoms with E-state index in [-0.39, 0.29) is 17.1 Å². The van der Waals surface area contributed by atoms with E-state index >= 15 is 0 Å². The van der Waals surface area contributed by atoms with Crippen molar-refractivity contribution in [3.63, 3.8) is 0 Å². The third-order valence-corrected chi connectivity index (χ3v) is 6.69. The van der Waals surface area contributed by atoms with Gasteiger partial charge in [-0.3, -0.25) is 9.36 Å². The van der Waals surface area contributed by atoms with Crippen molar-refractivity contribution in [1.29, 1.82) is 0 Å². The van der Waals surface area contributed by atoms with E-state index in [2.05, 4.69) is 77.9 Å². The molecule has 0 aliphatic heterocycles. The highest BCUT2D eigenvalue weighted by Gasteiger charge is 2.19. The molecule has 0 saturated heterocycles. The molecule has 190 valence electrons. The lowest BCUT2D eigenvalue weighted by Crippen LogP contribution is -2.20. The summed E-state index contributed by atoms with van der Waals surface area (Å²) in [6.45, 7) is 8.63. The zero-order chi connectivity index (χ0) is 26.4. The van der Waals surface area contributed by atoms with E-state index in [4.69, 9.17) is 4.74 Å². The van der Waals surface area contributed by atoms with E-state index in [0.29, 0.717) is 5.16 Å². The number of hydrazone groups is 1. The van der Waals surface area contributed by atoms with Gasteiger partial charge in [-0.05, 0) is 47.7 Å². The van der Waals surface area contributed by atoms with Gasteiger partial charge >= 0.3 is 0 Å². The van der Waals surface area contributed by atoms with Crippen LogP contribution in [-0.4, -0.2) is 39.7 Å². The fourth-order valence-corrected chi connectivity index (χ4v) is 4.40. The second-order valence-corrected chi connectivity index (χ2v) is 10.6. The van der Waals surface area contributed by atoms with Crippen molar-refractivity contribution in [3.8, 4) is 22.8 Å². The Balaban J connectivity index is 1.52. The zero-order valence-electron chi connectivity index (χ0n) is 21.7. The maximum absolute atomic E-state index is 12.5. The Hall–Kier alpha value is -3.91. The summed E-state index contributed by atoms with van der Waals surface area (Å²) in [5.41, 5.74) is 7.77. The number of carbonyl (C=O) groups is 1. The molecule has 1 N–H and O–H groups in total. The van der Waals surface area contributed by atoms with E-state index in [1.54, 1.807) is 13.3 Å². The van der Waals surface area contributed by atoms with Crippen molar-refractivity contribution >= 4 is 23.9 Å². The Bertz CT molecular complexity index is 1390. The smallest absolute Gasteiger partial charge is 0.250 e. The summed E-state index contributed by atoms with van der Waals surface area (Å²) in [5.74, 6) is 1.36. The summed E-state index contributed by atoms with van der Waals surface area (Å²) < 4.78 is 7.20. The van der Waals surface area contributed by atoms with Crippen molar-refractivity contribution in [1.82, 2.24) is 20.2 Å². The average Bonchev–Trinajstić information content (AvgIpc) is 3.31. The molecule has 0 aliphatic rings. The minimum Gasteiger partial charge on any atom is -0.497 e. The molecule has 0 saturated carbocycles. The van der Waals surface area contributed by atoms with Gasteiger partial charge in [0.25, 0.3) is 5.91 Å². The monoisotopic (exact) mass is 513 g/mol. The first kappa shape index (κ1) is 26.2. The average molecular weight is 514 g/mol. The number of aromatic nitrogens is 3. The standard InChI is InChI=1S/C29H31N5O2S/c1-20-9-15-24(16-10-20)34-27(22-11-13-23(14-12-22)29(2,3)4)32-33-28(34)37-19-26(35)31-30-18-21-7-6-8-25(17-21)36-5/h6-18H,19H2,1-5H3,(H,31,35)/b30-18-. The Morgan fingerprint density at radius 3 is 2.46 bits per heavy atom. The number of hydrogen-bond donors (Lipinski definition) is 1. The Morgan fingerprint density at radius 2 is 1.78 bits per heavy atom. The Kier molecular flexibility index (Phi) is 8.08. The molecule has 0 bridgehead atoms. The zero-order valence-corrected chi connectivity index (χ0v) is 22.5. The van der Waals surface area contributed by atoms with Gasteiger partial charge in [0.2, 0.25) is 0 Å². The van der Waals surface area contributed by atoms with Gasteiger partial charge in [-0.25, -0.2) is 5.43 Å². The van der Waals surface area contributed by atoms with Crippen LogP contribution in [0.1, 0.15) is 37.5 Å². The molecule has 0 aliphatic carbocycles. The maximum Gasteiger partial charge on any atom is 0.250 e. The van der Waals surface area contributed by atoms with Crippen LogP contribution in [0.5, 0.6) is 5.75 Å². The van der Waals surface area contributed by atoms with Crippen molar-refractivity contribution in [3.05, 3.63) is 89.5 Å². The number of nitrogens with one attached hydrogen (secondary N) is 1. The number of ether oxygens (including phenoxy) is 1. The first-order chi connectivity index (χ1) is 17.7. The molecule has 0 radical (unpaired) electrons. The highest BCUT2D eigenvalue weighted by Crippen LogP contribution is 2.30. The molecule has 0 spiro atoms. The molecule has 37 heavy (non-hydrogen) atoms.